The predicted molar refractivity (Wildman–Crippen MR) is 67.9 cm³/mol. The lowest BCUT2D eigenvalue weighted by atomic mass is 10.0. The van der Waals surface area contributed by atoms with Gasteiger partial charge in [-0.05, 0) is 37.1 Å². The minimum Gasteiger partial charge on any atom is -0.313 e. The van der Waals surface area contributed by atoms with Crippen LogP contribution in [-0.4, -0.2) is 18.8 Å². The maximum absolute atomic E-state index is 12.4. The number of hydrogen-bond acceptors (Lipinski definition) is 1. The molecule has 102 valence electrons. The van der Waals surface area contributed by atoms with E-state index < -0.39 is 18.6 Å². The van der Waals surface area contributed by atoms with Crippen molar-refractivity contribution >= 4 is 11.6 Å². The van der Waals surface area contributed by atoms with Crippen LogP contribution in [0.15, 0.2) is 24.3 Å². The molecule has 0 saturated heterocycles. The largest absolute Gasteiger partial charge is 0.390 e. The van der Waals surface area contributed by atoms with Crippen molar-refractivity contribution in [2.75, 3.05) is 6.54 Å². The lowest BCUT2D eigenvalue weighted by Gasteiger charge is -2.20. The summed E-state index contributed by atoms with van der Waals surface area (Å²) in [5.74, 6) is 0. The van der Waals surface area contributed by atoms with Crippen molar-refractivity contribution < 1.29 is 13.2 Å². The first-order chi connectivity index (χ1) is 8.40. The van der Waals surface area contributed by atoms with Gasteiger partial charge in [0.15, 0.2) is 0 Å². The van der Waals surface area contributed by atoms with Crippen LogP contribution in [0.5, 0.6) is 0 Å². The Morgan fingerprint density at radius 2 is 2.06 bits per heavy atom. The molecule has 1 N–H and O–H groups in total. The van der Waals surface area contributed by atoms with Gasteiger partial charge in [-0.15, -0.1) is 0 Å². The van der Waals surface area contributed by atoms with Gasteiger partial charge in [-0.1, -0.05) is 30.7 Å². The molecule has 1 nitrogen and oxygen atoms in total. The molecular weight excluding hydrogens is 263 g/mol. The molecule has 1 atom stereocenters. The minimum absolute atomic E-state index is 0.333. The molecule has 5 heteroatoms. The van der Waals surface area contributed by atoms with E-state index in [4.69, 9.17) is 11.6 Å². The number of hydrogen-bond donors (Lipinski definition) is 1. The van der Waals surface area contributed by atoms with Crippen LogP contribution < -0.4 is 5.32 Å². The predicted octanol–water partition coefficient (Wildman–Crippen LogP) is 4.20. The Kier molecular flexibility index (Phi) is 5.96. The van der Waals surface area contributed by atoms with E-state index in [-0.39, 0.29) is 0 Å². The van der Waals surface area contributed by atoms with Crippen LogP contribution in [0.1, 0.15) is 25.3 Å². The van der Waals surface area contributed by atoms with Gasteiger partial charge in [-0.25, -0.2) is 0 Å². The smallest absolute Gasteiger partial charge is 0.313 e. The molecule has 0 spiro atoms. The molecule has 18 heavy (non-hydrogen) atoms. The standard InChI is InChI=1S/C13H17ClF3N/c1-2-6-18-12(9-13(15,16)17)8-10-4-3-5-11(14)7-10/h3-5,7,12,18H,2,6,8-9H2,1H3. The molecule has 0 saturated carbocycles. The first-order valence-corrected chi connectivity index (χ1v) is 6.33. The lowest BCUT2D eigenvalue weighted by Crippen LogP contribution is -2.36. The van der Waals surface area contributed by atoms with Crippen molar-refractivity contribution in [3.8, 4) is 0 Å². The highest BCUT2D eigenvalue weighted by atomic mass is 35.5. The second-order valence-corrected chi connectivity index (χ2v) is 4.74. The lowest BCUT2D eigenvalue weighted by molar-refractivity contribution is -0.139. The van der Waals surface area contributed by atoms with E-state index in [1.165, 1.54) is 0 Å². The summed E-state index contributed by atoms with van der Waals surface area (Å²) < 4.78 is 37.3. The van der Waals surface area contributed by atoms with Gasteiger partial charge in [-0.3, -0.25) is 0 Å². The summed E-state index contributed by atoms with van der Waals surface area (Å²) in [4.78, 5) is 0. The Morgan fingerprint density at radius 3 is 2.61 bits per heavy atom. The molecule has 0 bridgehead atoms. The number of nitrogens with one attached hydrogen (secondary N) is 1. The van der Waals surface area contributed by atoms with Gasteiger partial charge in [0.1, 0.15) is 0 Å². The Hall–Kier alpha value is -0.740. The first kappa shape index (κ1) is 15.3. The third-order valence-corrected chi connectivity index (χ3v) is 2.77. The molecule has 1 aromatic rings. The summed E-state index contributed by atoms with van der Waals surface area (Å²) in [7, 11) is 0. The summed E-state index contributed by atoms with van der Waals surface area (Å²) in [6.07, 6.45) is -3.83. The highest BCUT2D eigenvalue weighted by molar-refractivity contribution is 6.30. The molecule has 1 rings (SSSR count). The molecule has 0 aliphatic heterocycles. The van der Waals surface area contributed by atoms with Gasteiger partial charge in [0, 0.05) is 11.1 Å². The van der Waals surface area contributed by atoms with Crippen molar-refractivity contribution in [2.45, 2.75) is 38.4 Å². The van der Waals surface area contributed by atoms with E-state index in [0.29, 0.717) is 18.0 Å². The van der Waals surface area contributed by atoms with Gasteiger partial charge < -0.3 is 5.32 Å². The Bertz CT molecular complexity index is 365. The first-order valence-electron chi connectivity index (χ1n) is 5.95. The molecule has 0 amide bonds. The average molecular weight is 280 g/mol. The van der Waals surface area contributed by atoms with E-state index >= 15 is 0 Å². The molecule has 0 heterocycles. The average Bonchev–Trinajstić information content (AvgIpc) is 2.24. The SMILES string of the molecule is CCCNC(Cc1cccc(Cl)c1)CC(F)(F)F. The summed E-state index contributed by atoms with van der Waals surface area (Å²) in [6, 6.07) is 6.37. The normalized spacial score (nSPS) is 13.6. The minimum atomic E-state index is -4.15. The van der Waals surface area contributed by atoms with Crippen molar-refractivity contribution in [1.82, 2.24) is 5.32 Å². The maximum atomic E-state index is 12.4. The molecule has 0 radical (unpaired) electrons. The van der Waals surface area contributed by atoms with Crippen molar-refractivity contribution in [3.05, 3.63) is 34.9 Å². The van der Waals surface area contributed by atoms with Gasteiger partial charge >= 0.3 is 6.18 Å². The molecular formula is C13H17ClF3N. The van der Waals surface area contributed by atoms with E-state index in [1.54, 1.807) is 24.3 Å². The number of rotatable bonds is 6. The van der Waals surface area contributed by atoms with Crippen molar-refractivity contribution in [3.63, 3.8) is 0 Å². The summed E-state index contributed by atoms with van der Waals surface area (Å²) in [5.41, 5.74) is 0.820. The second kappa shape index (κ2) is 7.00. The van der Waals surface area contributed by atoms with Crippen molar-refractivity contribution in [1.29, 1.82) is 0 Å². The molecule has 0 aromatic heterocycles. The second-order valence-electron chi connectivity index (χ2n) is 4.30. The maximum Gasteiger partial charge on any atom is 0.390 e. The van der Waals surface area contributed by atoms with Crippen LogP contribution in [0, 0.1) is 0 Å². The van der Waals surface area contributed by atoms with Gasteiger partial charge in [0.2, 0.25) is 0 Å². The third-order valence-electron chi connectivity index (χ3n) is 2.53. The van der Waals surface area contributed by atoms with Gasteiger partial charge in [0.25, 0.3) is 0 Å². The van der Waals surface area contributed by atoms with E-state index in [9.17, 15) is 13.2 Å². The Balaban J connectivity index is 2.65. The summed E-state index contributed by atoms with van der Waals surface area (Å²) in [6.45, 7) is 2.51. The van der Waals surface area contributed by atoms with Gasteiger partial charge in [0.05, 0.1) is 6.42 Å². The van der Waals surface area contributed by atoms with E-state index in [1.807, 2.05) is 6.92 Å². The van der Waals surface area contributed by atoms with Crippen LogP contribution in [0.25, 0.3) is 0 Å². The molecule has 0 aliphatic rings. The number of benzene rings is 1. The molecule has 0 fully saturated rings. The van der Waals surface area contributed by atoms with Crippen molar-refractivity contribution in [2.24, 2.45) is 0 Å². The third kappa shape index (κ3) is 6.26. The summed E-state index contributed by atoms with van der Waals surface area (Å²) in [5, 5.41) is 3.48. The van der Waals surface area contributed by atoms with Crippen LogP contribution in [0.2, 0.25) is 5.02 Å². The van der Waals surface area contributed by atoms with Gasteiger partial charge in [-0.2, -0.15) is 13.2 Å². The van der Waals surface area contributed by atoms with Crippen LogP contribution >= 0.6 is 11.6 Å². The fraction of sp³-hybridized carbons (Fsp3) is 0.538. The quantitative estimate of drug-likeness (QED) is 0.823. The highest BCUT2D eigenvalue weighted by Gasteiger charge is 2.31. The number of alkyl halides is 3. The number of halogens is 4. The topological polar surface area (TPSA) is 12.0 Å². The van der Waals surface area contributed by atoms with Crippen LogP contribution in [0.4, 0.5) is 13.2 Å². The zero-order chi connectivity index (χ0) is 13.6. The zero-order valence-electron chi connectivity index (χ0n) is 10.2. The van der Waals surface area contributed by atoms with Crippen LogP contribution in [0.3, 0.4) is 0 Å². The summed E-state index contributed by atoms with van der Waals surface area (Å²) >= 11 is 5.82. The Morgan fingerprint density at radius 1 is 1.33 bits per heavy atom. The van der Waals surface area contributed by atoms with Crippen LogP contribution in [-0.2, 0) is 6.42 Å². The fourth-order valence-electron chi connectivity index (χ4n) is 1.79. The molecule has 1 aromatic carbocycles. The highest BCUT2D eigenvalue weighted by Crippen LogP contribution is 2.23. The Labute approximate surface area is 110 Å². The zero-order valence-corrected chi connectivity index (χ0v) is 11.0. The van der Waals surface area contributed by atoms with E-state index in [0.717, 1.165) is 12.0 Å². The van der Waals surface area contributed by atoms with E-state index in [2.05, 4.69) is 5.32 Å². The molecule has 1 unspecified atom stereocenters. The molecule has 0 aliphatic carbocycles. The fourth-order valence-corrected chi connectivity index (χ4v) is 2.01. The monoisotopic (exact) mass is 279 g/mol.